The first-order chi connectivity index (χ1) is 14.6. The molecular formula is C18H16F3N4O5S-. The van der Waals surface area contributed by atoms with E-state index in [1.165, 1.54) is 17.2 Å². The summed E-state index contributed by atoms with van der Waals surface area (Å²) in [5.41, 5.74) is -0.169. The molecule has 1 unspecified atom stereocenters. The highest BCUT2D eigenvalue weighted by molar-refractivity contribution is 7.80. The monoisotopic (exact) mass is 457 g/mol. The summed E-state index contributed by atoms with van der Waals surface area (Å²) in [6.07, 6.45) is -2.10. The van der Waals surface area contributed by atoms with Gasteiger partial charge in [0.1, 0.15) is 0 Å². The van der Waals surface area contributed by atoms with E-state index in [0.29, 0.717) is 5.56 Å². The molecule has 0 saturated carbocycles. The number of carbonyl (C=O) groups is 2. The van der Waals surface area contributed by atoms with Crippen LogP contribution in [0, 0.1) is 0 Å². The highest BCUT2D eigenvalue weighted by atomic mass is 32.2. The van der Waals surface area contributed by atoms with Gasteiger partial charge in [-0.3, -0.25) is 18.8 Å². The van der Waals surface area contributed by atoms with Gasteiger partial charge in [-0.25, -0.2) is 0 Å². The van der Waals surface area contributed by atoms with Crippen LogP contribution in [0.2, 0.25) is 0 Å². The fraction of sp³-hybridized carbons (Fsp3) is 0.278. The number of piperazine rings is 1. The number of nitrogens with zero attached hydrogens (tertiary/aromatic N) is 3. The number of hydrogen-bond donors (Lipinski definition) is 1. The standard InChI is InChI=1S/C18H17F3N4O5S/c19-18(20,21)30-15-10-12(3-4-14(15)23-31(28)29)16(26)24-6-8-25(9-7-24)17(27)13-2-1-5-22-11-13/h1-5,10-11,23H,6-9H2,(H,28,29)/p-1. The van der Waals surface area contributed by atoms with Crippen molar-refractivity contribution in [2.24, 2.45) is 0 Å². The van der Waals surface area contributed by atoms with Gasteiger partial charge in [0.25, 0.3) is 11.8 Å². The third-order valence-corrected chi connectivity index (χ3v) is 4.80. The predicted octanol–water partition coefficient (Wildman–Crippen LogP) is 1.78. The summed E-state index contributed by atoms with van der Waals surface area (Å²) in [7, 11) is 0. The summed E-state index contributed by atoms with van der Waals surface area (Å²) in [6.45, 7) is 0.816. The van der Waals surface area contributed by atoms with E-state index in [4.69, 9.17) is 0 Å². The Morgan fingerprint density at radius 3 is 2.19 bits per heavy atom. The molecule has 0 spiro atoms. The molecule has 2 amide bonds. The molecule has 0 aliphatic carbocycles. The van der Waals surface area contributed by atoms with Gasteiger partial charge in [-0.15, -0.1) is 13.2 Å². The second kappa shape index (κ2) is 9.31. The average molecular weight is 457 g/mol. The van der Waals surface area contributed by atoms with Gasteiger partial charge in [0, 0.05) is 55.4 Å². The quantitative estimate of drug-likeness (QED) is 0.685. The molecule has 1 aromatic carbocycles. The van der Waals surface area contributed by atoms with Gasteiger partial charge < -0.3 is 23.8 Å². The maximum Gasteiger partial charge on any atom is 0.573 e. The Labute approximate surface area is 177 Å². The molecule has 1 N–H and O–H groups in total. The van der Waals surface area contributed by atoms with Crippen molar-refractivity contribution in [3.05, 3.63) is 53.9 Å². The number of anilines is 1. The van der Waals surface area contributed by atoms with Gasteiger partial charge in [0.05, 0.1) is 11.3 Å². The number of pyridine rings is 1. The minimum Gasteiger partial charge on any atom is -0.755 e. The fourth-order valence-electron chi connectivity index (χ4n) is 3.01. The molecule has 3 rings (SSSR count). The third-order valence-electron chi connectivity index (χ3n) is 4.41. The van der Waals surface area contributed by atoms with Crippen LogP contribution < -0.4 is 9.46 Å². The zero-order valence-electron chi connectivity index (χ0n) is 15.8. The van der Waals surface area contributed by atoms with Gasteiger partial charge in [0.2, 0.25) is 0 Å². The first kappa shape index (κ1) is 22.5. The van der Waals surface area contributed by atoms with Crippen molar-refractivity contribution in [3.63, 3.8) is 0 Å². The first-order valence-electron chi connectivity index (χ1n) is 8.88. The minimum atomic E-state index is -5.08. The lowest BCUT2D eigenvalue weighted by Gasteiger charge is -2.35. The third kappa shape index (κ3) is 5.92. The number of alkyl halides is 3. The van der Waals surface area contributed by atoms with Crippen LogP contribution in [0.3, 0.4) is 0 Å². The second-order valence-corrected chi connectivity index (χ2v) is 7.10. The van der Waals surface area contributed by atoms with Crippen LogP contribution in [-0.4, -0.2) is 67.9 Å². The number of rotatable bonds is 5. The summed E-state index contributed by atoms with van der Waals surface area (Å²) >= 11 is -2.89. The minimum absolute atomic E-state index is 0.117. The number of carbonyl (C=O) groups excluding carboxylic acids is 2. The number of halogens is 3. The summed E-state index contributed by atoms with van der Waals surface area (Å²) in [5.74, 6) is -1.66. The summed E-state index contributed by atoms with van der Waals surface area (Å²) in [5, 5.41) is 0. The molecule has 0 bridgehead atoms. The Morgan fingerprint density at radius 2 is 1.68 bits per heavy atom. The summed E-state index contributed by atoms with van der Waals surface area (Å²) in [6, 6.07) is 6.27. The van der Waals surface area contributed by atoms with Crippen molar-refractivity contribution in [1.29, 1.82) is 0 Å². The Morgan fingerprint density at radius 1 is 1.06 bits per heavy atom. The van der Waals surface area contributed by atoms with Crippen LogP contribution in [0.4, 0.5) is 18.9 Å². The predicted molar refractivity (Wildman–Crippen MR) is 102 cm³/mol. The van der Waals surface area contributed by atoms with Crippen LogP contribution >= 0.6 is 0 Å². The van der Waals surface area contributed by atoms with E-state index in [0.717, 1.165) is 12.1 Å². The molecule has 1 fully saturated rings. The lowest BCUT2D eigenvalue weighted by molar-refractivity contribution is -0.274. The van der Waals surface area contributed by atoms with Gasteiger partial charge in [-0.05, 0) is 30.3 Å². The highest BCUT2D eigenvalue weighted by Crippen LogP contribution is 2.32. The van der Waals surface area contributed by atoms with E-state index in [2.05, 4.69) is 9.72 Å². The van der Waals surface area contributed by atoms with Crippen molar-refractivity contribution in [1.82, 2.24) is 14.8 Å². The molecule has 1 aliphatic heterocycles. The van der Waals surface area contributed by atoms with Crippen molar-refractivity contribution in [3.8, 4) is 5.75 Å². The molecule has 2 heterocycles. The van der Waals surface area contributed by atoms with Crippen molar-refractivity contribution in [2.45, 2.75) is 6.36 Å². The van der Waals surface area contributed by atoms with Gasteiger partial charge in [0.15, 0.2) is 5.75 Å². The van der Waals surface area contributed by atoms with E-state index in [1.54, 1.807) is 28.0 Å². The second-order valence-electron chi connectivity index (χ2n) is 6.42. The molecule has 2 aromatic rings. The lowest BCUT2D eigenvalue weighted by Crippen LogP contribution is -2.50. The molecule has 1 aliphatic rings. The normalized spacial score (nSPS) is 15.4. The van der Waals surface area contributed by atoms with E-state index in [9.17, 15) is 31.5 Å². The van der Waals surface area contributed by atoms with Crippen molar-refractivity contribution < 1.29 is 36.3 Å². The number of hydrogen-bond acceptors (Lipinski definition) is 6. The molecule has 1 aromatic heterocycles. The number of amides is 2. The molecule has 1 saturated heterocycles. The Balaban J connectivity index is 1.71. The smallest absolute Gasteiger partial charge is 0.573 e. The Hall–Kier alpha value is -3.19. The topological polar surface area (TPSA) is 115 Å². The van der Waals surface area contributed by atoms with Crippen LogP contribution in [0.5, 0.6) is 5.75 Å². The molecule has 13 heteroatoms. The van der Waals surface area contributed by atoms with Crippen molar-refractivity contribution >= 4 is 28.8 Å². The molecular weight excluding hydrogens is 441 g/mol. The van der Waals surface area contributed by atoms with Crippen molar-refractivity contribution in [2.75, 3.05) is 30.9 Å². The van der Waals surface area contributed by atoms with Crippen LogP contribution in [0.25, 0.3) is 0 Å². The Bertz CT molecular complexity index is 982. The maximum absolute atomic E-state index is 12.7. The zero-order valence-corrected chi connectivity index (χ0v) is 16.6. The number of aromatic nitrogens is 1. The van der Waals surface area contributed by atoms with Crippen LogP contribution in [0.1, 0.15) is 20.7 Å². The van der Waals surface area contributed by atoms with Gasteiger partial charge >= 0.3 is 6.36 Å². The van der Waals surface area contributed by atoms with E-state index < -0.39 is 35.0 Å². The first-order valence-corrected chi connectivity index (χ1v) is 9.96. The lowest BCUT2D eigenvalue weighted by atomic mass is 10.1. The van der Waals surface area contributed by atoms with Crippen LogP contribution in [-0.2, 0) is 11.3 Å². The number of ether oxygens (including phenoxy) is 1. The summed E-state index contributed by atoms with van der Waals surface area (Å²) < 4.78 is 65.2. The van der Waals surface area contributed by atoms with Gasteiger partial charge in [-0.2, -0.15) is 0 Å². The van der Waals surface area contributed by atoms with E-state index in [1.807, 2.05) is 0 Å². The van der Waals surface area contributed by atoms with Crippen LogP contribution in [0.15, 0.2) is 42.7 Å². The highest BCUT2D eigenvalue weighted by Gasteiger charge is 2.33. The number of nitrogens with one attached hydrogen (secondary N) is 1. The van der Waals surface area contributed by atoms with Gasteiger partial charge in [-0.1, -0.05) is 0 Å². The summed E-state index contributed by atoms with van der Waals surface area (Å²) in [4.78, 5) is 32.0. The average Bonchev–Trinajstić information content (AvgIpc) is 2.73. The maximum atomic E-state index is 12.7. The molecule has 166 valence electrons. The number of benzene rings is 1. The Kier molecular flexibility index (Phi) is 6.75. The fourth-order valence-corrected chi connectivity index (χ4v) is 3.35. The zero-order chi connectivity index (χ0) is 22.6. The molecule has 9 nitrogen and oxygen atoms in total. The van der Waals surface area contributed by atoms with E-state index >= 15 is 0 Å². The molecule has 31 heavy (non-hydrogen) atoms. The SMILES string of the molecule is O=C(c1cccnc1)N1CCN(C(=O)c2ccc(NS(=O)[O-])c(OC(F)(F)F)c2)CC1. The van der Waals surface area contributed by atoms with E-state index in [-0.39, 0.29) is 37.6 Å². The molecule has 0 radical (unpaired) electrons. The largest absolute Gasteiger partial charge is 0.755 e. The molecule has 1 atom stereocenters.